The quantitative estimate of drug-likeness (QED) is 0.660. The third kappa shape index (κ3) is 2.61. The van der Waals surface area contributed by atoms with E-state index in [4.69, 9.17) is 5.11 Å². The molecule has 1 fully saturated rings. The highest BCUT2D eigenvalue weighted by Gasteiger charge is 2.23. The van der Waals surface area contributed by atoms with E-state index in [-0.39, 0.29) is 17.2 Å². The van der Waals surface area contributed by atoms with Crippen LogP contribution in [0.2, 0.25) is 0 Å². The van der Waals surface area contributed by atoms with E-state index in [2.05, 4.69) is 11.8 Å². The average molecular weight is 250 g/mol. The van der Waals surface area contributed by atoms with E-state index in [9.17, 15) is 10.1 Å². The van der Waals surface area contributed by atoms with Crippen LogP contribution in [0.5, 0.6) is 0 Å². The van der Waals surface area contributed by atoms with Gasteiger partial charge in [-0.1, -0.05) is 6.92 Å². The summed E-state index contributed by atoms with van der Waals surface area (Å²) in [7, 11) is 0. The van der Waals surface area contributed by atoms with E-state index in [0.29, 0.717) is 17.2 Å². The number of anilines is 1. The van der Waals surface area contributed by atoms with E-state index < -0.39 is 0 Å². The minimum Gasteiger partial charge on any atom is -0.392 e. The fourth-order valence-electron chi connectivity index (χ4n) is 2.32. The van der Waals surface area contributed by atoms with Crippen molar-refractivity contribution >= 4 is 11.4 Å². The molecule has 1 aliphatic rings. The Hall–Kier alpha value is -1.62. The zero-order chi connectivity index (χ0) is 13.1. The number of nitrogens with zero attached hydrogens (tertiary/aromatic N) is 2. The molecule has 0 atom stereocenters. The summed E-state index contributed by atoms with van der Waals surface area (Å²) in [6.45, 7) is 3.80. The Morgan fingerprint density at radius 1 is 1.44 bits per heavy atom. The van der Waals surface area contributed by atoms with Gasteiger partial charge in [-0.3, -0.25) is 10.1 Å². The second-order valence-electron chi connectivity index (χ2n) is 4.91. The van der Waals surface area contributed by atoms with Crippen molar-refractivity contribution < 1.29 is 10.0 Å². The maximum Gasteiger partial charge on any atom is 0.292 e. The molecule has 1 N–H and O–H groups in total. The second-order valence-corrected chi connectivity index (χ2v) is 4.91. The lowest BCUT2D eigenvalue weighted by Crippen LogP contribution is -2.33. The second kappa shape index (κ2) is 5.35. The summed E-state index contributed by atoms with van der Waals surface area (Å²) in [5.74, 6) is 0.682. The molecule has 0 aromatic heterocycles. The molecule has 1 saturated heterocycles. The summed E-state index contributed by atoms with van der Waals surface area (Å²) in [5.41, 5.74) is 1.48. The van der Waals surface area contributed by atoms with E-state index in [1.807, 2.05) is 0 Å². The van der Waals surface area contributed by atoms with Gasteiger partial charge >= 0.3 is 0 Å². The average Bonchev–Trinajstić information content (AvgIpc) is 2.38. The molecule has 0 radical (unpaired) electrons. The van der Waals surface area contributed by atoms with E-state index in [1.54, 1.807) is 12.1 Å². The number of nitro groups is 1. The van der Waals surface area contributed by atoms with Gasteiger partial charge in [-0.15, -0.1) is 0 Å². The zero-order valence-corrected chi connectivity index (χ0v) is 10.5. The number of nitro benzene ring substituents is 1. The first-order chi connectivity index (χ1) is 8.61. The van der Waals surface area contributed by atoms with Crippen molar-refractivity contribution in [2.75, 3.05) is 18.0 Å². The summed E-state index contributed by atoms with van der Waals surface area (Å²) in [6.07, 6.45) is 2.11. The third-order valence-corrected chi connectivity index (χ3v) is 3.54. The van der Waals surface area contributed by atoms with Crippen LogP contribution in [0.15, 0.2) is 18.2 Å². The van der Waals surface area contributed by atoms with Gasteiger partial charge in [-0.2, -0.15) is 0 Å². The van der Waals surface area contributed by atoms with Crippen molar-refractivity contribution in [3.05, 3.63) is 33.9 Å². The first kappa shape index (κ1) is 12.8. The van der Waals surface area contributed by atoms with Crippen molar-refractivity contribution in [2.45, 2.75) is 26.4 Å². The number of hydrogen-bond acceptors (Lipinski definition) is 4. The van der Waals surface area contributed by atoms with Gasteiger partial charge in [0.05, 0.1) is 11.5 Å². The molecule has 0 amide bonds. The van der Waals surface area contributed by atoms with Gasteiger partial charge in [-0.05, 0) is 36.5 Å². The maximum atomic E-state index is 11.0. The van der Waals surface area contributed by atoms with Crippen molar-refractivity contribution in [2.24, 2.45) is 5.92 Å². The highest BCUT2D eigenvalue weighted by atomic mass is 16.6. The lowest BCUT2D eigenvalue weighted by Gasteiger charge is -2.31. The van der Waals surface area contributed by atoms with E-state index >= 15 is 0 Å². The molecule has 0 unspecified atom stereocenters. The minimum atomic E-state index is -0.353. The lowest BCUT2D eigenvalue weighted by atomic mass is 9.98. The SMILES string of the molecule is CC1CCN(c2cc(CO)ccc2[N+](=O)[O-])CC1. The molecule has 18 heavy (non-hydrogen) atoms. The molecule has 0 aliphatic carbocycles. The molecular formula is C13H18N2O3. The molecular weight excluding hydrogens is 232 g/mol. The Kier molecular flexibility index (Phi) is 3.81. The van der Waals surface area contributed by atoms with Crippen LogP contribution in [0, 0.1) is 16.0 Å². The van der Waals surface area contributed by atoms with Gasteiger partial charge in [0.1, 0.15) is 5.69 Å². The molecule has 2 rings (SSSR count). The van der Waals surface area contributed by atoms with Crippen LogP contribution in [-0.2, 0) is 6.61 Å². The van der Waals surface area contributed by atoms with Crippen molar-refractivity contribution in [3.63, 3.8) is 0 Å². The molecule has 98 valence electrons. The van der Waals surface area contributed by atoms with Gasteiger partial charge in [0, 0.05) is 19.2 Å². The number of aliphatic hydroxyl groups is 1. The number of rotatable bonds is 3. The molecule has 1 aromatic rings. The minimum absolute atomic E-state index is 0.0881. The van der Waals surface area contributed by atoms with Gasteiger partial charge in [-0.25, -0.2) is 0 Å². The Morgan fingerprint density at radius 3 is 2.67 bits per heavy atom. The molecule has 0 bridgehead atoms. The fraction of sp³-hybridized carbons (Fsp3) is 0.538. The zero-order valence-electron chi connectivity index (χ0n) is 10.5. The number of hydrogen-bond donors (Lipinski definition) is 1. The van der Waals surface area contributed by atoms with E-state index in [0.717, 1.165) is 25.9 Å². The van der Waals surface area contributed by atoms with Gasteiger partial charge in [0.15, 0.2) is 0 Å². The van der Waals surface area contributed by atoms with Crippen molar-refractivity contribution in [3.8, 4) is 0 Å². The highest BCUT2D eigenvalue weighted by molar-refractivity contribution is 5.64. The lowest BCUT2D eigenvalue weighted by molar-refractivity contribution is -0.384. The van der Waals surface area contributed by atoms with Crippen molar-refractivity contribution in [1.29, 1.82) is 0 Å². The summed E-state index contributed by atoms with van der Waals surface area (Å²) in [6, 6.07) is 4.82. The predicted molar refractivity (Wildman–Crippen MR) is 69.6 cm³/mol. The molecule has 5 nitrogen and oxygen atoms in total. The normalized spacial score (nSPS) is 16.9. The summed E-state index contributed by atoms with van der Waals surface area (Å²) >= 11 is 0. The number of piperidine rings is 1. The Morgan fingerprint density at radius 2 is 2.11 bits per heavy atom. The monoisotopic (exact) mass is 250 g/mol. The first-order valence-corrected chi connectivity index (χ1v) is 6.25. The smallest absolute Gasteiger partial charge is 0.292 e. The summed E-state index contributed by atoms with van der Waals surface area (Å²) in [5, 5.41) is 20.2. The highest BCUT2D eigenvalue weighted by Crippen LogP contribution is 2.32. The van der Waals surface area contributed by atoms with Crippen LogP contribution in [0.3, 0.4) is 0 Å². The van der Waals surface area contributed by atoms with Crippen LogP contribution in [0.1, 0.15) is 25.3 Å². The fourth-order valence-corrected chi connectivity index (χ4v) is 2.32. The van der Waals surface area contributed by atoms with Crippen LogP contribution in [0.4, 0.5) is 11.4 Å². The Bertz CT molecular complexity index is 440. The standard InChI is InChI=1S/C13H18N2O3/c1-10-4-6-14(7-5-10)13-8-11(9-16)2-3-12(13)15(17)18/h2-3,8,10,16H,4-7,9H2,1H3. The summed E-state index contributed by atoms with van der Waals surface area (Å²) < 4.78 is 0. The topological polar surface area (TPSA) is 66.6 Å². The number of benzene rings is 1. The molecule has 1 aromatic carbocycles. The Labute approximate surface area is 106 Å². The largest absolute Gasteiger partial charge is 0.392 e. The van der Waals surface area contributed by atoms with Crippen LogP contribution in [0.25, 0.3) is 0 Å². The van der Waals surface area contributed by atoms with Crippen molar-refractivity contribution in [1.82, 2.24) is 0 Å². The van der Waals surface area contributed by atoms with E-state index in [1.165, 1.54) is 6.07 Å². The molecule has 1 heterocycles. The van der Waals surface area contributed by atoms with Crippen LogP contribution >= 0.6 is 0 Å². The molecule has 1 aliphatic heterocycles. The Balaban J connectivity index is 2.31. The van der Waals surface area contributed by atoms with Gasteiger partial charge in [0.2, 0.25) is 0 Å². The summed E-state index contributed by atoms with van der Waals surface area (Å²) in [4.78, 5) is 12.7. The predicted octanol–water partition coefficient (Wildman–Crippen LogP) is 2.32. The van der Waals surface area contributed by atoms with Crippen LogP contribution < -0.4 is 4.90 Å². The number of aliphatic hydroxyl groups excluding tert-OH is 1. The van der Waals surface area contributed by atoms with Gasteiger partial charge < -0.3 is 10.0 Å². The molecule has 0 spiro atoms. The molecule has 5 heteroatoms. The first-order valence-electron chi connectivity index (χ1n) is 6.25. The maximum absolute atomic E-state index is 11.0. The third-order valence-electron chi connectivity index (χ3n) is 3.54. The van der Waals surface area contributed by atoms with Crippen LogP contribution in [-0.4, -0.2) is 23.1 Å². The van der Waals surface area contributed by atoms with Gasteiger partial charge in [0.25, 0.3) is 5.69 Å². The molecule has 0 saturated carbocycles.